The van der Waals surface area contributed by atoms with Gasteiger partial charge in [-0.1, -0.05) is 55.1 Å². The zero-order valence-electron chi connectivity index (χ0n) is 20.3. The summed E-state index contributed by atoms with van der Waals surface area (Å²) in [5.74, 6) is -0.394. The van der Waals surface area contributed by atoms with Gasteiger partial charge in [-0.25, -0.2) is 0 Å². The lowest BCUT2D eigenvalue weighted by Gasteiger charge is -2.36. The third-order valence-corrected chi connectivity index (χ3v) is 6.98. The van der Waals surface area contributed by atoms with Gasteiger partial charge < -0.3 is 19.2 Å². The van der Waals surface area contributed by atoms with E-state index in [0.29, 0.717) is 43.0 Å². The van der Waals surface area contributed by atoms with Crippen LogP contribution in [-0.2, 0) is 4.79 Å². The highest BCUT2D eigenvalue weighted by Crippen LogP contribution is 2.28. The monoisotopic (exact) mass is 490 g/mol. The number of carbonyl (C=O) groups excluding carboxylic acids is 2. The highest BCUT2D eigenvalue weighted by Gasteiger charge is 2.29. The minimum Gasteiger partial charge on any atom is -0.456 e. The Labute approximate surface area is 213 Å². The molecule has 0 atom stereocenters. The minimum absolute atomic E-state index is 0.271. The van der Waals surface area contributed by atoms with E-state index in [9.17, 15) is 9.59 Å². The zero-order chi connectivity index (χ0) is 25.4. The van der Waals surface area contributed by atoms with Crippen molar-refractivity contribution in [3.05, 3.63) is 95.4 Å². The van der Waals surface area contributed by atoms with E-state index in [4.69, 9.17) is 4.42 Å². The van der Waals surface area contributed by atoms with Crippen LogP contribution in [0.15, 0.2) is 78.0 Å². The van der Waals surface area contributed by atoms with Crippen LogP contribution in [0.4, 0.5) is 0 Å². The van der Waals surface area contributed by atoms with E-state index < -0.39 is 11.7 Å². The third kappa shape index (κ3) is 4.18. The molecule has 1 fully saturated rings. The zero-order valence-corrected chi connectivity index (χ0v) is 20.3. The average molecular weight is 491 g/mol. The number of carbonyl (C=O) groups is 2. The number of hydrogen-bond acceptors (Lipinski definition) is 5. The Balaban J connectivity index is 1.21. The minimum atomic E-state index is -0.562. The first-order valence-electron chi connectivity index (χ1n) is 12.4. The molecule has 0 bridgehead atoms. The van der Waals surface area contributed by atoms with Crippen molar-refractivity contribution in [3.8, 4) is 11.3 Å². The fourth-order valence-electron chi connectivity index (χ4n) is 4.93. The van der Waals surface area contributed by atoms with E-state index in [-0.39, 0.29) is 5.56 Å². The fourth-order valence-corrected chi connectivity index (χ4v) is 4.93. The van der Waals surface area contributed by atoms with Crippen molar-refractivity contribution in [3.63, 3.8) is 0 Å². The van der Waals surface area contributed by atoms with Crippen LogP contribution in [0.5, 0.6) is 0 Å². The molecule has 1 amide bonds. The van der Waals surface area contributed by atoms with Gasteiger partial charge in [0.1, 0.15) is 11.2 Å². The van der Waals surface area contributed by atoms with Crippen LogP contribution in [0.2, 0.25) is 0 Å². The number of furan rings is 1. The number of nitrogens with one attached hydrogen (secondary N) is 1. The molecule has 0 saturated carbocycles. The molecule has 7 heteroatoms. The van der Waals surface area contributed by atoms with E-state index in [1.54, 1.807) is 17.3 Å². The maximum absolute atomic E-state index is 13.3. The summed E-state index contributed by atoms with van der Waals surface area (Å²) in [6.07, 6.45) is 12.2. The molecular formula is C30H26N4O3. The van der Waals surface area contributed by atoms with Crippen LogP contribution < -0.4 is 10.6 Å². The number of nitrogens with zero attached hydrogens (tertiary/aromatic N) is 3. The first kappa shape index (κ1) is 22.8. The SMILES string of the molecule is C=C(c1ccccc1)N1CCN(C(=O)C(=O)c2c[nH]c3c(-c4cc5c(o4)=CC=CCC=5)ccnc23)CC1. The predicted octanol–water partition coefficient (Wildman–Crippen LogP) is 3.34. The summed E-state index contributed by atoms with van der Waals surface area (Å²) in [7, 11) is 0. The first-order valence-corrected chi connectivity index (χ1v) is 12.4. The van der Waals surface area contributed by atoms with E-state index in [2.05, 4.69) is 33.6 Å². The van der Waals surface area contributed by atoms with E-state index in [1.165, 1.54) is 0 Å². The van der Waals surface area contributed by atoms with Gasteiger partial charge in [0.15, 0.2) is 0 Å². The van der Waals surface area contributed by atoms with Gasteiger partial charge in [0.25, 0.3) is 11.7 Å². The molecule has 7 nitrogen and oxygen atoms in total. The molecule has 0 radical (unpaired) electrons. The standard InChI is InChI=1S/C30H26N4O3/c1-20(21-8-4-2-5-9-21)33-14-16-34(17-15-33)30(36)29(35)24-19-32-27-23(12-13-31-28(24)27)26-18-22-10-6-3-7-11-25(22)37-26/h2-5,7-13,18-19,32H,1,6,14-17H2. The predicted molar refractivity (Wildman–Crippen MR) is 144 cm³/mol. The topological polar surface area (TPSA) is 82.4 Å². The van der Waals surface area contributed by atoms with Crippen LogP contribution in [0.1, 0.15) is 22.3 Å². The van der Waals surface area contributed by atoms with Crippen LogP contribution in [0.25, 0.3) is 40.2 Å². The number of hydrogen-bond donors (Lipinski definition) is 1. The average Bonchev–Trinajstić information content (AvgIpc) is 3.50. The Morgan fingerprint density at radius 1 is 1.03 bits per heavy atom. The summed E-state index contributed by atoms with van der Waals surface area (Å²) in [5.41, 5.74) is 4.97. The van der Waals surface area contributed by atoms with Crippen molar-refractivity contribution < 1.29 is 14.0 Å². The number of Topliss-reactive ketones (excluding diaryl/α,β-unsaturated/α-hetero) is 1. The van der Waals surface area contributed by atoms with Crippen molar-refractivity contribution in [2.24, 2.45) is 0 Å². The number of piperazine rings is 1. The first-order chi connectivity index (χ1) is 18.1. The number of H-pyrrole nitrogens is 1. The molecule has 0 unspecified atom stereocenters. The molecule has 37 heavy (non-hydrogen) atoms. The molecule has 6 rings (SSSR count). The number of rotatable bonds is 5. The molecule has 0 spiro atoms. The van der Waals surface area contributed by atoms with Crippen molar-refractivity contribution in [2.45, 2.75) is 6.42 Å². The van der Waals surface area contributed by atoms with Crippen LogP contribution in [-0.4, -0.2) is 57.6 Å². The molecule has 4 aromatic rings. The van der Waals surface area contributed by atoms with Gasteiger partial charge in [-0.2, -0.15) is 0 Å². The van der Waals surface area contributed by atoms with Gasteiger partial charge in [0.05, 0.1) is 16.6 Å². The number of amides is 1. The van der Waals surface area contributed by atoms with E-state index in [0.717, 1.165) is 33.9 Å². The summed E-state index contributed by atoms with van der Waals surface area (Å²) in [6, 6.07) is 13.8. The fraction of sp³-hybridized carbons (Fsp3) is 0.167. The van der Waals surface area contributed by atoms with Gasteiger partial charge >= 0.3 is 0 Å². The molecule has 1 aliphatic carbocycles. The molecule has 1 aliphatic heterocycles. The largest absolute Gasteiger partial charge is 0.456 e. The number of fused-ring (bicyclic) bond motifs is 2. The van der Waals surface area contributed by atoms with Gasteiger partial charge in [-0.05, 0) is 30.2 Å². The normalized spacial score (nSPS) is 15.0. The third-order valence-electron chi connectivity index (χ3n) is 6.98. The van der Waals surface area contributed by atoms with Crippen molar-refractivity contribution in [1.82, 2.24) is 19.8 Å². The Hall–Kier alpha value is -4.65. The number of aromatic amines is 1. The van der Waals surface area contributed by atoms with Crippen molar-refractivity contribution in [1.29, 1.82) is 0 Å². The second kappa shape index (κ2) is 9.43. The Kier molecular flexibility index (Phi) is 5.81. The Bertz CT molecular complexity index is 1670. The van der Waals surface area contributed by atoms with Crippen molar-refractivity contribution >= 4 is 40.6 Å². The highest BCUT2D eigenvalue weighted by molar-refractivity contribution is 6.44. The maximum atomic E-state index is 13.3. The second-order valence-electron chi connectivity index (χ2n) is 9.17. The molecule has 2 aliphatic rings. The highest BCUT2D eigenvalue weighted by atomic mass is 16.3. The van der Waals surface area contributed by atoms with Gasteiger partial charge in [0.2, 0.25) is 0 Å². The molecule has 3 aromatic heterocycles. The number of ketones is 1. The van der Waals surface area contributed by atoms with Crippen LogP contribution in [0, 0.1) is 0 Å². The number of aromatic nitrogens is 2. The van der Waals surface area contributed by atoms with Crippen molar-refractivity contribution in [2.75, 3.05) is 26.2 Å². The Morgan fingerprint density at radius 2 is 1.81 bits per heavy atom. The molecule has 1 N–H and O–H groups in total. The van der Waals surface area contributed by atoms with E-state index >= 15 is 0 Å². The number of benzene rings is 1. The summed E-state index contributed by atoms with van der Waals surface area (Å²) in [5, 5.41) is 1.03. The summed E-state index contributed by atoms with van der Waals surface area (Å²) in [6.45, 7) is 6.37. The van der Waals surface area contributed by atoms with E-state index in [1.807, 2.05) is 54.6 Å². The van der Waals surface area contributed by atoms with Gasteiger partial charge in [-0.3, -0.25) is 14.6 Å². The summed E-state index contributed by atoms with van der Waals surface area (Å²) in [4.78, 5) is 37.8. The molecule has 184 valence electrons. The lowest BCUT2D eigenvalue weighted by atomic mass is 10.1. The quantitative estimate of drug-likeness (QED) is 0.343. The smallest absolute Gasteiger partial charge is 0.295 e. The molecule has 4 heterocycles. The molecule has 1 saturated heterocycles. The second-order valence-corrected chi connectivity index (χ2v) is 9.17. The number of pyridine rings is 1. The molecule has 1 aromatic carbocycles. The summed E-state index contributed by atoms with van der Waals surface area (Å²) < 4.78 is 6.10. The lowest BCUT2D eigenvalue weighted by Crippen LogP contribution is -2.49. The molecular weight excluding hydrogens is 464 g/mol. The maximum Gasteiger partial charge on any atom is 0.295 e. The van der Waals surface area contributed by atoms with Crippen LogP contribution in [0.3, 0.4) is 0 Å². The van der Waals surface area contributed by atoms with Crippen LogP contribution >= 0.6 is 0 Å². The Morgan fingerprint density at radius 3 is 2.62 bits per heavy atom. The number of allylic oxidation sites excluding steroid dienone is 2. The lowest BCUT2D eigenvalue weighted by molar-refractivity contribution is -0.127. The summed E-state index contributed by atoms with van der Waals surface area (Å²) >= 11 is 0. The van der Waals surface area contributed by atoms with Gasteiger partial charge in [0, 0.05) is 55.1 Å². The van der Waals surface area contributed by atoms with Gasteiger partial charge in [-0.15, -0.1) is 0 Å².